The smallest absolute Gasteiger partial charge is 0.0179 e. The van der Waals surface area contributed by atoms with Crippen LogP contribution in [0, 0.1) is 0 Å². The Morgan fingerprint density at radius 3 is 2.00 bits per heavy atom. The third-order valence-corrected chi connectivity index (χ3v) is 0.438. The van der Waals surface area contributed by atoms with Crippen LogP contribution in [0.5, 0.6) is 0 Å². The van der Waals surface area contributed by atoms with Gasteiger partial charge in [-0.2, -0.15) is 7.05 Å². The predicted molar refractivity (Wildman–Crippen MR) is 30.6 cm³/mol. The van der Waals surface area contributed by atoms with Crippen LogP contribution in [0.2, 0.25) is 0 Å². The van der Waals surface area contributed by atoms with E-state index in [4.69, 9.17) is 11.7 Å². The summed E-state index contributed by atoms with van der Waals surface area (Å²) in [5.41, 5.74) is 6.90. The van der Waals surface area contributed by atoms with Crippen molar-refractivity contribution in [3.8, 4) is 0 Å². The highest BCUT2D eigenvalue weighted by molar-refractivity contribution is 4.70. The van der Waals surface area contributed by atoms with Crippen molar-refractivity contribution in [3.05, 3.63) is 11.0 Å². The average molecular weight is 118 g/mol. The van der Waals surface area contributed by atoms with E-state index in [1.54, 1.807) is 7.05 Å². The molecule has 50 valence electrons. The van der Waals surface area contributed by atoms with Gasteiger partial charge in [-0.15, -0.1) is 0 Å². The van der Waals surface area contributed by atoms with Crippen molar-refractivity contribution in [2.24, 2.45) is 11.7 Å². The molecule has 8 heavy (non-hydrogen) atoms. The summed E-state index contributed by atoms with van der Waals surface area (Å²) in [6, 6.07) is 0. The minimum absolute atomic E-state index is 0.875. The fraction of sp³-hybridized carbons (Fsp3) is 1.00. The molecule has 0 amide bonds. The van der Waals surface area contributed by atoms with Crippen LogP contribution in [-0.2, 0) is 0 Å². The first kappa shape index (κ1) is 7.76. The van der Waals surface area contributed by atoms with E-state index >= 15 is 0 Å². The van der Waals surface area contributed by atoms with E-state index in [0.717, 1.165) is 10.3 Å². The third-order valence-electron chi connectivity index (χ3n) is 0.438. The van der Waals surface area contributed by atoms with Crippen LogP contribution in [-0.4, -0.2) is 24.4 Å². The Morgan fingerprint density at radius 1 is 1.38 bits per heavy atom. The van der Waals surface area contributed by atoms with Crippen molar-refractivity contribution in [2.45, 2.75) is 0 Å². The molecule has 0 spiro atoms. The summed E-state index contributed by atoms with van der Waals surface area (Å²) in [6.07, 6.45) is 0. The summed E-state index contributed by atoms with van der Waals surface area (Å²) in [4.78, 5) is 0. The Kier molecular flexibility index (Phi) is 3.61. The molecule has 0 aliphatic rings. The lowest BCUT2D eigenvalue weighted by molar-refractivity contribution is 0.290. The molecule has 0 fully saturated rings. The van der Waals surface area contributed by atoms with Gasteiger partial charge in [-0.05, 0) is 7.05 Å². The molecule has 6 heteroatoms. The lowest BCUT2D eigenvalue weighted by Gasteiger charge is -2.47. The van der Waals surface area contributed by atoms with Gasteiger partial charge in [0.2, 0.25) is 0 Å². The van der Waals surface area contributed by atoms with Gasteiger partial charge in [0, 0.05) is 0 Å². The Labute approximate surface area is 48.3 Å². The highest BCUT2D eigenvalue weighted by Gasteiger charge is 1.65. The van der Waals surface area contributed by atoms with Gasteiger partial charge in [-0.3, -0.25) is 5.84 Å². The summed E-state index contributed by atoms with van der Waals surface area (Å²) in [6.45, 7) is 0. The minimum atomic E-state index is 0.875. The Bertz CT molecular complexity index is 52.5. The van der Waals surface area contributed by atoms with Crippen LogP contribution in [0.1, 0.15) is 0 Å². The van der Waals surface area contributed by atoms with Crippen LogP contribution in [0.15, 0.2) is 0 Å². The number of nitrogens with two attached hydrogens (primary N) is 2. The zero-order chi connectivity index (χ0) is 6.57. The fourth-order valence-corrected chi connectivity index (χ4v) is 0.185. The van der Waals surface area contributed by atoms with Gasteiger partial charge in [0.25, 0.3) is 0 Å². The summed E-state index contributed by atoms with van der Waals surface area (Å²) >= 11 is 0. The summed E-state index contributed by atoms with van der Waals surface area (Å²) in [5.74, 6) is 10.1. The maximum absolute atomic E-state index is 5.05. The van der Waals surface area contributed by atoms with Crippen molar-refractivity contribution in [3.63, 3.8) is 0 Å². The lowest BCUT2D eigenvalue weighted by atomic mass is 11.4. The molecular weight excluding hydrogens is 108 g/mol. The maximum atomic E-state index is 5.05. The van der Waals surface area contributed by atoms with Crippen molar-refractivity contribution in [2.75, 3.05) is 14.1 Å². The molecule has 0 unspecified atom stereocenters. The molecule has 4 N–H and O–H groups in total. The van der Waals surface area contributed by atoms with E-state index in [2.05, 4.69) is 11.0 Å². The first-order valence-corrected chi connectivity index (χ1v) is 2.01. The van der Waals surface area contributed by atoms with Crippen molar-refractivity contribution in [1.82, 2.24) is 10.3 Å². The third kappa shape index (κ3) is 3.93. The molecule has 0 aromatic carbocycles. The molecule has 0 atom stereocenters. The van der Waals surface area contributed by atoms with Crippen LogP contribution in [0.3, 0.4) is 0 Å². The van der Waals surface area contributed by atoms with E-state index in [1.165, 1.54) is 7.05 Å². The largest absolute Gasteiger partial charge is 0.601 e. The van der Waals surface area contributed by atoms with Gasteiger partial charge in [0.05, 0.1) is 0 Å². The van der Waals surface area contributed by atoms with Crippen LogP contribution < -0.4 is 11.7 Å². The molecule has 0 saturated carbocycles. The molecule has 0 bridgehead atoms. The topological polar surface area (TPSA) is 86.7 Å². The quantitative estimate of drug-likeness (QED) is 0.371. The van der Waals surface area contributed by atoms with E-state index in [9.17, 15) is 0 Å². The standard InChI is InChI=1S/C2H10N6/c1-5-8(4)6-7(2)3/h3-4H2,1-2H3/q-2. The second-order valence-electron chi connectivity index (χ2n) is 1.18. The number of hydrogen-bond donors (Lipinski definition) is 2. The number of hydrogen-bond acceptors (Lipinski definition) is 4. The van der Waals surface area contributed by atoms with Crippen LogP contribution in [0.4, 0.5) is 0 Å². The van der Waals surface area contributed by atoms with Crippen LogP contribution in [0.25, 0.3) is 11.0 Å². The van der Waals surface area contributed by atoms with Gasteiger partial charge in [-0.25, -0.2) is 0 Å². The maximum Gasteiger partial charge on any atom is -0.0179 e. The predicted octanol–water partition coefficient (Wildman–Crippen LogP) is -0.910. The highest BCUT2D eigenvalue weighted by Crippen LogP contribution is 1.93. The molecule has 0 aliphatic heterocycles. The average Bonchev–Trinajstić information content (AvgIpc) is 1.65. The van der Waals surface area contributed by atoms with Crippen molar-refractivity contribution >= 4 is 0 Å². The zero-order valence-electron chi connectivity index (χ0n) is 4.94. The first-order valence-electron chi connectivity index (χ1n) is 2.01. The van der Waals surface area contributed by atoms with Gasteiger partial charge < -0.3 is 27.1 Å². The fourth-order valence-electron chi connectivity index (χ4n) is 0.185. The molecule has 0 aliphatic carbocycles. The summed E-state index contributed by atoms with van der Waals surface area (Å²) < 4.78 is 0. The second kappa shape index (κ2) is 3.72. The number of nitrogens with zero attached hydrogens (tertiary/aromatic N) is 4. The van der Waals surface area contributed by atoms with E-state index in [1.807, 2.05) is 0 Å². The summed E-state index contributed by atoms with van der Waals surface area (Å²) in [7, 11) is 3.05. The first-order chi connectivity index (χ1) is 3.66. The molecule has 0 saturated heterocycles. The Balaban J connectivity index is 3.10. The van der Waals surface area contributed by atoms with Crippen molar-refractivity contribution < 1.29 is 0 Å². The molecule has 0 radical (unpaired) electrons. The second-order valence-corrected chi connectivity index (χ2v) is 1.18. The highest BCUT2D eigenvalue weighted by atomic mass is 16.0. The zero-order valence-corrected chi connectivity index (χ0v) is 4.94. The number of rotatable bonds is 3. The monoisotopic (exact) mass is 118 g/mol. The Morgan fingerprint density at radius 2 is 1.88 bits per heavy atom. The van der Waals surface area contributed by atoms with E-state index in [-0.39, 0.29) is 0 Å². The summed E-state index contributed by atoms with van der Waals surface area (Å²) in [5, 5.41) is 1.94. The Hall–Kier alpha value is -0.240. The van der Waals surface area contributed by atoms with Gasteiger partial charge >= 0.3 is 0 Å². The van der Waals surface area contributed by atoms with Gasteiger partial charge in [0.1, 0.15) is 0 Å². The lowest BCUT2D eigenvalue weighted by Crippen LogP contribution is -2.32. The molecule has 0 rings (SSSR count). The molecule has 0 heterocycles. The molecule has 0 aromatic heterocycles. The van der Waals surface area contributed by atoms with E-state index in [0.29, 0.717) is 0 Å². The molecule has 0 aromatic rings. The van der Waals surface area contributed by atoms with Crippen LogP contribution >= 0.6 is 0 Å². The van der Waals surface area contributed by atoms with Gasteiger partial charge in [-0.1, -0.05) is 0 Å². The molecular formula is C2H10N6-2. The molecule has 6 nitrogen and oxygen atoms in total. The minimum Gasteiger partial charge on any atom is -0.601 e. The van der Waals surface area contributed by atoms with Crippen molar-refractivity contribution in [1.29, 1.82) is 0 Å². The van der Waals surface area contributed by atoms with E-state index < -0.39 is 0 Å². The number of hydrazine groups is 2. The normalized spacial score (nSPS) is 11.2. The SMILES string of the molecule is C[N-]N(N)[N-]N(C)N. The van der Waals surface area contributed by atoms with Gasteiger partial charge in [0.15, 0.2) is 0 Å².